The van der Waals surface area contributed by atoms with Crippen molar-refractivity contribution >= 4 is 5.97 Å². The van der Waals surface area contributed by atoms with Crippen LogP contribution in [-0.2, 0) is 4.79 Å². The first kappa shape index (κ1) is 49.2. The summed E-state index contributed by atoms with van der Waals surface area (Å²) in [7, 11) is 0. The second-order valence-corrected chi connectivity index (χ2v) is 14.7. The molecule has 0 heterocycles. The van der Waals surface area contributed by atoms with Crippen molar-refractivity contribution in [3.63, 3.8) is 0 Å². The molecule has 0 fully saturated rings. The van der Waals surface area contributed by atoms with Crippen molar-refractivity contribution in [2.24, 2.45) is 0 Å². The monoisotopic (exact) mass is 674 g/mol. The molecule has 0 spiro atoms. The summed E-state index contributed by atoms with van der Waals surface area (Å²) in [5.41, 5.74) is 0. The van der Waals surface area contributed by atoms with Gasteiger partial charge in [-0.05, 0) is 25.9 Å². The largest absolute Gasteiger partial charge is 1.00 e. The molecule has 0 aromatic heterocycles. The Morgan fingerprint density at radius 1 is 0.348 bits per heavy atom. The van der Waals surface area contributed by atoms with Gasteiger partial charge in [0.2, 0.25) is 0 Å². The smallest absolute Gasteiger partial charge is 0.549 e. The molecule has 0 amide bonds. The van der Waals surface area contributed by atoms with E-state index in [-0.39, 0.29) is 57.9 Å². The van der Waals surface area contributed by atoms with E-state index >= 15 is 0 Å². The van der Waals surface area contributed by atoms with Gasteiger partial charge in [-0.2, -0.15) is 0 Å². The number of unbranched alkanes of at least 4 members (excludes halogenated alkanes) is 34. The fraction of sp³-hybridized carbons (Fsp3) is 0.976. The van der Waals surface area contributed by atoms with Crippen LogP contribution in [0.15, 0.2) is 0 Å². The summed E-state index contributed by atoms with van der Waals surface area (Å²) in [5, 5.41) is 11.2. The summed E-state index contributed by atoms with van der Waals surface area (Å²) >= 11 is 0. The Bertz CT molecular complexity index is 518. The summed E-state index contributed by atoms with van der Waals surface area (Å²) in [6.45, 7) is 6.54. The Hall–Kier alpha value is 1.07. The standard InChI is InChI=1S/C42H85NO2.K/c1-3-5-7-9-11-13-15-17-19-21-23-25-27-29-31-33-35-37-39-43(41-42(44)45)40-38-36-34-32-30-28-26-24-22-20-18-16-14-12-10-8-6-4-2;/h3-41H2,1-2H3,(H,44,45);/q;+1/p-1. The first-order chi connectivity index (χ1) is 22.2. The van der Waals surface area contributed by atoms with Gasteiger partial charge in [-0.3, -0.25) is 4.90 Å². The molecule has 4 heteroatoms. The average Bonchev–Trinajstić information content (AvgIpc) is 3.03. The van der Waals surface area contributed by atoms with Gasteiger partial charge in [0, 0.05) is 6.54 Å². The number of rotatable bonds is 40. The zero-order valence-electron chi connectivity index (χ0n) is 32.3. The SMILES string of the molecule is CCCCCCCCCCCCCCCCCCCCN(CCCCCCCCCCCCCCCCCCCC)CC(=O)[O-].[K+]. The molecule has 0 aliphatic heterocycles. The minimum Gasteiger partial charge on any atom is -0.549 e. The molecular formula is C42H84KNO2. The van der Waals surface area contributed by atoms with Crippen molar-refractivity contribution in [3.05, 3.63) is 0 Å². The molecule has 46 heavy (non-hydrogen) atoms. The summed E-state index contributed by atoms with van der Waals surface area (Å²) in [6, 6.07) is 0. The van der Waals surface area contributed by atoms with E-state index in [0.717, 1.165) is 25.9 Å². The molecule has 0 saturated carbocycles. The number of carboxylic acid groups (broad SMARTS) is 1. The van der Waals surface area contributed by atoms with E-state index in [2.05, 4.69) is 18.7 Å². The van der Waals surface area contributed by atoms with Crippen molar-refractivity contribution in [2.75, 3.05) is 19.6 Å². The van der Waals surface area contributed by atoms with Crippen LogP contribution in [-0.4, -0.2) is 30.5 Å². The van der Waals surface area contributed by atoms with Crippen LogP contribution < -0.4 is 56.5 Å². The number of nitrogens with zero attached hydrogens (tertiary/aromatic N) is 1. The van der Waals surface area contributed by atoms with Gasteiger partial charge in [0.25, 0.3) is 0 Å². The number of aliphatic carboxylic acids is 1. The summed E-state index contributed by atoms with van der Waals surface area (Å²) in [4.78, 5) is 13.4. The van der Waals surface area contributed by atoms with Crippen molar-refractivity contribution in [1.29, 1.82) is 0 Å². The van der Waals surface area contributed by atoms with E-state index in [4.69, 9.17) is 0 Å². The van der Waals surface area contributed by atoms with Crippen LogP contribution in [0, 0.1) is 0 Å². The normalized spacial score (nSPS) is 11.4. The van der Waals surface area contributed by atoms with Gasteiger partial charge in [0.15, 0.2) is 0 Å². The maximum Gasteiger partial charge on any atom is 1.00 e. The van der Waals surface area contributed by atoms with Crippen molar-refractivity contribution in [3.8, 4) is 0 Å². The second kappa shape index (κ2) is 44.1. The predicted molar refractivity (Wildman–Crippen MR) is 199 cm³/mol. The fourth-order valence-corrected chi connectivity index (χ4v) is 6.93. The zero-order valence-corrected chi connectivity index (χ0v) is 35.5. The Morgan fingerprint density at radius 2 is 0.522 bits per heavy atom. The van der Waals surface area contributed by atoms with Gasteiger partial charge in [0.05, 0.1) is 5.97 Å². The Morgan fingerprint density at radius 3 is 0.696 bits per heavy atom. The number of carbonyl (C=O) groups is 1. The molecule has 0 radical (unpaired) electrons. The third kappa shape index (κ3) is 43.1. The predicted octanol–water partition coefficient (Wildman–Crippen LogP) is 10.1. The fourth-order valence-electron chi connectivity index (χ4n) is 6.93. The van der Waals surface area contributed by atoms with E-state index in [9.17, 15) is 9.90 Å². The zero-order chi connectivity index (χ0) is 32.7. The minimum absolute atomic E-state index is 0. The van der Waals surface area contributed by atoms with Gasteiger partial charge in [0.1, 0.15) is 0 Å². The molecule has 0 bridgehead atoms. The number of hydrogen-bond acceptors (Lipinski definition) is 3. The van der Waals surface area contributed by atoms with Gasteiger partial charge < -0.3 is 9.90 Å². The van der Waals surface area contributed by atoms with Crippen LogP contribution in [0.25, 0.3) is 0 Å². The van der Waals surface area contributed by atoms with E-state index < -0.39 is 5.97 Å². The number of carbonyl (C=O) groups excluding carboxylic acids is 1. The van der Waals surface area contributed by atoms with Crippen LogP contribution in [0.4, 0.5) is 0 Å². The van der Waals surface area contributed by atoms with Crippen LogP contribution >= 0.6 is 0 Å². The molecular weight excluding hydrogens is 590 g/mol. The minimum atomic E-state index is -0.917. The number of hydrogen-bond donors (Lipinski definition) is 0. The third-order valence-corrected chi connectivity index (χ3v) is 10.0. The van der Waals surface area contributed by atoms with Crippen molar-refractivity contribution in [2.45, 2.75) is 245 Å². The molecule has 0 aliphatic carbocycles. The molecule has 0 unspecified atom stereocenters. The second-order valence-electron chi connectivity index (χ2n) is 14.7. The molecule has 0 saturated heterocycles. The molecule has 3 nitrogen and oxygen atoms in total. The molecule has 0 atom stereocenters. The van der Waals surface area contributed by atoms with E-state index in [0.29, 0.717) is 0 Å². The summed E-state index contributed by atoms with van der Waals surface area (Å²) in [6.07, 6.45) is 49.9. The van der Waals surface area contributed by atoms with E-state index in [1.54, 1.807) is 0 Å². The molecule has 0 aromatic rings. The molecule has 0 N–H and O–H groups in total. The maximum absolute atomic E-state index is 11.2. The van der Waals surface area contributed by atoms with Crippen LogP contribution in [0.1, 0.15) is 245 Å². The first-order valence-electron chi connectivity index (χ1n) is 21.1. The van der Waals surface area contributed by atoms with E-state index in [1.165, 1.54) is 218 Å². The Labute approximate surface area is 333 Å². The van der Waals surface area contributed by atoms with Gasteiger partial charge >= 0.3 is 51.4 Å². The maximum atomic E-state index is 11.2. The van der Waals surface area contributed by atoms with Crippen molar-refractivity contribution in [1.82, 2.24) is 4.90 Å². The molecule has 0 rings (SSSR count). The van der Waals surface area contributed by atoms with Gasteiger partial charge in [-0.15, -0.1) is 0 Å². The Kier molecular flexibility index (Phi) is 47.1. The van der Waals surface area contributed by atoms with Crippen molar-refractivity contribution < 1.29 is 61.3 Å². The van der Waals surface area contributed by atoms with Crippen LogP contribution in [0.3, 0.4) is 0 Å². The Balaban J connectivity index is 0. The third-order valence-electron chi connectivity index (χ3n) is 10.0. The topological polar surface area (TPSA) is 43.4 Å². The molecule has 0 aliphatic rings. The summed E-state index contributed by atoms with van der Waals surface area (Å²) < 4.78 is 0. The molecule has 0 aromatic carbocycles. The molecule has 270 valence electrons. The quantitative estimate of drug-likeness (QED) is 0.0480. The van der Waals surface area contributed by atoms with Gasteiger partial charge in [-0.25, -0.2) is 0 Å². The average molecular weight is 674 g/mol. The number of carboxylic acids is 1. The van der Waals surface area contributed by atoms with Gasteiger partial charge in [-0.1, -0.05) is 232 Å². The van der Waals surface area contributed by atoms with Crippen LogP contribution in [0.2, 0.25) is 0 Å². The van der Waals surface area contributed by atoms with Crippen LogP contribution in [0.5, 0.6) is 0 Å². The first-order valence-corrected chi connectivity index (χ1v) is 21.1. The van der Waals surface area contributed by atoms with E-state index in [1.807, 2.05) is 0 Å². The summed E-state index contributed by atoms with van der Waals surface area (Å²) in [5.74, 6) is -0.917.